The minimum absolute atomic E-state index is 0.459. The van der Waals surface area contributed by atoms with Crippen molar-refractivity contribution in [3.05, 3.63) is 18.0 Å². The maximum absolute atomic E-state index is 5.23. The zero-order valence-electron chi connectivity index (χ0n) is 5.93. The molecule has 0 unspecified atom stereocenters. The van der Waals surface area contributed by atoms with Crippen LogP contribution < -0.4 is 11.0 Å². The van der Waals surface area contributed by atoms with Crippen LogP contribution in [-0.4, -0.2) is 13.2 Å². The van der Waals surface area contributed by atoms with Crippen molar-refractivity contribution < 1.29 is 4.84 Å². The van der Waals surface area contributed by atoms with E-state index in [0.29, 0.717) is 6.61 Å². The monoisotopic (exact) mass is 163 g/mol. The highest BCUT2D eigenvalue weighted by Crippen LogP contribution is 1.76. The van der Waals surface area contributed by atoms with Gasteiger partial charge < -0.3 is 0 Å². The Bertz CT molecular complexity index is 87.8. The van der Waals surface area contributed by atoms with Crippen LogP contribution in [0.3, 0.4) is 0 Å². The molecule has 0 aromatic heterocycles. The summed E-state index contributed by atoms with van der Waals surface area (Å²) in [7, 11) is 0. The SMILES string of the molecule is C[CH]CNNOC/C=C/Cl. The van der Waals surface area contributed by atoms with Crippen LogP contribution in [0.4, 0.5) is 0 Å². The maximum Gasteiger partial charge on any atom is 0.0891 e. The van der Waals surface area contributed by atoms with Crippen LogP contribution in [0.25, 0.3) is 0 Å². The van der Waals surface area contributed by atoms with Crippen LogP contribution in [0, 0.1) is 6.42 Å². The molecular formula is C6H12ClN2O. The van der Waals surface area contributed by atoms with Crippen molar-refractivity contribution in [2.75, 3.05) is 13.2 Å². The number of rotatable bonds is 6. The first kappa shape index (κ1) is 9.91. The molecule has 4 heteroatoms. The fraction of sp³-hybridized carbons (Fsp3) is 0.500. The number of halogens is 1. The summed E-state index contributed by atoms with van der Waals surface area (Å²) in [6.45, 7) is 3.18. The Morgan fingerprint density at radius 3 is 3.00 bits per heavy atom. The zero-order chi connectivity index (χ0) is 7.66. The minimum atomic E-state index is 0.459. The number of hydrogen-bond donors (Lipinski definition) is 2. The summed E-state index contributed by atoms with van der Waals surface area (Å²) in [6.07, 6.45) is 3.65. The van der Waals surface area contributed by atoms with Crippen molar-refractivity contribution in [1.82, 2.24) is 11.0 Å². The average Bonchev–Trinajstić information content (AvgIpc) is 1.97. The van der Waals surface area contributed by atoms with E-state index in [1.807, 2.05) is 13.3 Å². The number of nitrogens with one attached hydrogen (secondary N) is 2. The van der Waals surface area contributed by atoms with Crippen molar-refractivity contribution in [3.63, 3.8) is 0 Å². The molecule has 2 N–H and O–H groups in total. The summed E-state index contributed by atoms with van der Waals surface area (Å²) < 4.78 is 0. The molecule has 0 saturated heterocycles. The predicted molar refractivity (Wildman–Crippen MR) is 42.1 cm³/mol. The molecule has 10 heavy (non-hydrogen) atoms. The molecule has 0 aliphatic rings. The smallest absolute Gasteiger partial charge is 0.0891 e. The van der Waals surface area contributed by atoms with Crippen molar-refractivity contribution in [2.24, 2.45) is 0 Å². The third-order valence-electron chi connectivity index (χ3n) is 0.719. The van der Waals surface area contributed by atoms with Gasteiger partial charge in [-0.15, -0.1) is 5.59 Å². The van der Waals surface area contributed by atoms with Gasteiger partial charge in [0.2, 0.25) is 0 Å². The normalized spacial score (nSPS) is 11.0. The molecule has 0 rings (SSSR count). The molecule has 0 aliphatic carbocycles. The quantitative estimate of drug-likeness (QED) is 0.453. The lowest BCUT2D eigenvalue weighted by Crippen LogP contribution is -2.32. The minimum Gasteiger partial charge on any atom is -0.283 e. The Labute approximate surface area is 66.3 Å². The first-order chi connectivity index (χ1) is 4.91. The van der Waals surface area contributed by atoms with E-state index in [0.717, 1.165) is 6.54 Å². The van der Waals surface area contributed by atoms with E-state index in [9.17, 15) is 0 Å². The Kier molecular flexibility index (Phi) is 8.83. The summed E-state index contributed by atoms with van der Waals surface area (Å²) >= 11 is 5.23. The van der Waals surface area contributed by atoms with Crippen LogP contribution in [-0.2, 0) is 4.84 Å². The maximum atomic E-state index is 5.23. The summed E-state index contributed by atoms with van der Waals surface area (Å²) in [5, 5.41) is 0. The largest absolute Gasteiger partial charge is 0.283 e. The van der Waals surface area contributed by atoms with Crippen LogP contribution in [0.5, 0.6) is 0 Å². The van der Waals surface area contributed by atoms with E-state index in [1.54, 1.807) is 6.08 Å². The first-order valence-electron chi connectivity index (χ1n) is 3.04. The molecule has 0 bridgehead atoms. The molecule has 0 atom stereocenters. The third kappa shape index (κ3) is 7.91. The summed E-state index contributed by atoms with van der Waals surface area (Å²) in [5.74, 6) is 0. The fourth-order valence-electron chi connectivity index (χ4n) is 0.321. The van der Waals surface area contributed by atoms with E-state index in [4.69, 9.17) is 16.4 Å². The lowest BCUT2D eigenvalue weighted by atomic mass is 10.5. The van der Waals surface area contributed by atoms with E-state index >= 15 is 0 Å². The van der Waals surface area contributed by atoms with Gasteiger partial charge in [-0.25, -0.2) is 5.43 Å². The van der Waals surface area contributed by atoms with Crippen LogP contribution in [0.2, 0.25) is 0 Å². The highest BCUT2D eigenvalue weighted by molar-refractivity contribution is 6.25. The summed E-state index contributed by atoms with van der Waals surface area (Å²) in [5.41, 5.74) is 6.73. The van der Waals surface area contributed by atoms with Gasteiger partial charge in [0.1, 0.15) is 0 Å². The standard InChI is InChI=1S/C6H12ClN2O/c1-2-5-8-9-10-6-3-4-7/h2-4,8-9H,5-6H2,1H3/b4-3+. The van der Waals surface area contributed by atoms with Crippen molar-refractivity contribution in [1.29, 1.82) is 0 Å². The van der Waals surface area contributed by atoms with E-state index in [2.05, 4.69) is 11.0 Å². The van der Waals surface area contributed by atoms with Crippen LogP contribution in [0.15, 0.2) is 11.6 Å². The van der Waals surface area contributed by atoms with Gasteiger partial charge >= 0.3 is 0 Å². The molecule has 0 saturated carbocycles. The molecule has 59 valence electrons. The van der Waals surface area contributed by atoms with Crippen molar-refractivity contribution >= 4 is 11.6 Å². The van der Waals surface area contributed by atoms with E-state index < -0.39 is 0 Å². The predicted octanol–water partition coefficient (Wildman–Crippen LogP) is 0.989. The van der Waals surface area contributed by atoms with Gasteiger partial charge in [0, 0.05) is 12.1 Å². The van der Waals surface area contributed by atoms with Crippen molar-refractivity contribution in [2.45, 2.75) is 6.92 Å². The zero-order valence-corrected chi connectivity index (χ0v) is 6.69. The Hall–Kier alpha value is -0.0900. The van der Waals surface area contributed by atoms with E-state index in [1.165, 1.54) is 5.54 Å². The molecule has 3 nitrogen and oxygen atoms in total. The van der Waals surface area contributed by atoms with Gasteiger partial charge in [0.05, 0.1) is 6.61 Å². The Morgan fingerprint density at radius 2 is 2.40 bits per heavy atom. The van der Waals surface area contributed by atoms with Gasteiger partial charge in [-0.3, -0.25) is 4.84 Å². The molecular weight excluding hydrogens is 152 g/mol. The molecule has 1 radical (unpaired) electrons. The van der Waals surface area contributed by atoms with Gasteiger partial charge in [-0.05, 0) is 12.5 Å². The fourth-order valence-corrected chi connectivity index (χ4v) is 0.394. The number of hydrazine groups is 1. The summed E-state index contributed by atoms with van der Waals surface area (Å²) in [6, 6.07) is 0. The molecule has 0 heterocycles. The van der Waals surface area contributed by atoms with Crippen molar-refractivity contribution in [3.8, 4) is 0 Å². The Morgan fingerprint density at radius 1 is 1.60 bits per heavy atom. The third-order valence-corrected chi connectivity index (χ3v) is 0.897. The number of hydrogen-bond acceptors (Lipinski definition) is 3. The lowest BCUT2D eigenvalue weighted by Gasteiger charge is -2.02. The van der Waals surface area contributed by atoms with Gasteiger partial charge in [-0.2, -0.15) is 0 Å². The second-order valence-corrected chi connectivity index (χ2v) is 1.82. The molecule has 0 amide bonds. The highest BCUT2D eigenvalue weighted by atomic mass is 35.5. The molecule has 0 aromatic carbocycles. The second kappa shape index (κ2) is 8.91. The highest BCUT2D eigenvalue weighted by Gasteiger charge is 1.79. The summed E-state index contributed by atoms with van der Waals surface area (Å²) in [4.78, 5) is 4.82. The second-order valence-electron chi connectivity index (χ2n) is 1.56. The van der Waals surface area contributed by atoms with E-state index in [-0.39, 0.29) is 0 Å². The molecule has 0 aliphatic heterocycles. The molecule has 0 aromatic rings. The molecule has 0 spiro atoms. The van der Waals surface area contributed by atoms with Crippen LogP contribution in [0.1, 0.15) is 6.92 Å². The van der Waals surface area contributed by atoms with Gasteiger partial charge in [0.15, 0.2) is 0 Å². The first-order valence-corrected chi connectivity index (χ1v) is 3.48. The van der Waals surface area contributed by atoms with Crippen LogP contribution >= 0.6 is 11.6 Å². The average molecular weight is 164 g/mol. The topological polar surface area (TPSA) is 33.3 Å². The van der Waals surface area contributed by atoms with Gasteiger partial charge in [0.25, 0.3) is 0 Å². The van der Waals surface area contributed by atoms with Gasteiger partial charge in [-0.1, -0.05) is 18.5 Å². The Balaban J connectivity index is 2.77. The molecule has 0 fully saturated rings. The lowest BCUT2D eigenvalue weighted by molar-refractivity contribution is 0.0318.